The van der Waals surface area contributed by atoms with Crippen LogP contribution < -0.4 is 0 Å². The molecule has 430 valence electrons. The van der Waals surface area contributed by atoms with Gasteiger partial charge >= 0.3 is 17.9 Å². The van der Waals surface area contributed by atoms with Gasteiger partial charge in [-0.3, -0.25) is 14.4 Å². The van der Waals surface area contributed by atoms with E-state index >= 15 is 0 Å². The Bertz CT molecular complexity index is 1330. The van der Waals surface area contributed by atoms with Gasteiger partial charge in [-0.2, -0.15) is 0 Å². The number of esters is 3. The van der Waals surface area contributed by atoms with Crippen molar-refractivity contribution in [1.29, 1.82) is 0 Å². The zero-order valence-corrected chi connectivity index (χ0v) is 49.4. The lowest BCUT2D eigenvalue weighted by molar-refractivity contribution is -0.167. The fourth-order valence-electron chi connectivity index (χ4n) is 9.47. The van der Waals surface area contributed by atoms with Crippen LogP contribution in [0.4, 0.5) is 0 Å². The van der Waals surface area contributed by atoms with E-state index in [1.165, 1.54) is 199 Å². The number of ether oxygens (including phenoxy) is 3. The van der Waals surface area contributed by atoms with E-state index in [1.807, 2.05) is 0 Å². The molecular weight excluding hydrogens is 913 g/mol. The van der Waals surface area contributed by atoms with Crippen LogP contribution in [-0.4, -0.2) is 37.2 Å². The van der Waals surface area contributed by atoms with Crippen molar-refractivity contribution in [3.8, 4) is 0 Å². The standard InChI is InChI=1S/C68H122O6/c1-4-7-10-13-16-19-21-23-25-27-29-30-31-32-33-34-35-36-37-39-40-42-44-46-49-52-55-58-61-67(70)73-64-65(63-72-66(69)60-57-54-51-48-18-15-12-9-6-3)74-68(71)62-59-56-53-50-47-45-43-41-38-28-26-24-22-20-17-14-11-8-5-2/h8,11,17,20,24,26,38,41,45,47,65H,4-7,9-10,12-16,18-19,21-23,25,27-37,39-40,42-44,46,48-64H2,1-3H3/b11-8-,20-17-,26-24-,41-38-,47-45-. The molecule has 0 aromatic rings. The first-order valence-corrected chi connectivity index (χ1v) is 32.3. The van der Waals surface area contributed by atoms with E-state index in [4.69, 9.17) is 14.2 Å². The highest BCUT2D eigenvalue weighted by atomic mass is 16.6. The molecule has 0 aromatic carbocycles. The van der Waals surface area contributed by atoms with Crippen molar-refractivity contribution in [1.82, 2.24) is 0 Å². The van der Waals surface area contributed by atoms with E-state index in [9.17, 15) is 14.4 Å². The number of hydrogen-bond acceptors (Lipinski definition) is 6. The Morgan fingerprint density at radius 1 is 0.284 bits per heavy atom. The van der Waals surface area contributed by atoms with Crippen LogP contribution in [0.1, 0.15) is 335 Å². The van der Waals surface area contributed by atoms with Crippen LogP contribution in [0.15, 0.2) is 60.8 Å². The monoisotopic (exact) mass is 1030 g/mol. The second-order valence-electron chi connectivity index (χ2n) is 21.7. The normalized spacial score (nSPS) is 12.4. The minimum absolute atomic E-state index is 0.0838. The first kappa shape index (κ1) is 71.1. The van der Waals surface area contributed by atoms with Gasteiger partial charge in [0.25, 0.3) is 0 Å². The van der Waals surface area contributed by atoms with Gasteiger partial charge in [0.1, 0.15) is 13.2 Å². The van der Waals surface area contributed by atoms with Crippen LogP contribution in [0.25, 0.3) is 0 Å². The Balaban J connectivity index is 4.16. The van der Waals surface area contributed by atoms with E-state index in [2.05, 4.69) is 81.5 Å². The van der Waals surface area contributed by atoms with E-state index in [-0.39, 0.29) is 31.1 Å². The zero-order chi connectivity index (χ0) is 53.6. The molecule has 0 saturated carbocycles. The molecule has 0 fully saturated rings. The Hall–Kier alpha value is -2.89. The van der Waals surface area contributed by atoms with Crippen molar-refractivity contribution in [2.75, 3.05) is 13.2 Å². The van der Waals surface area contributed by atoms with E-state index < -0.39 is 6.10 Å². The quantitative estimate of drug-likeness (QED) is 0.0261. The first-order chi connectivity index (χ1) is 36.5. The van der Waals surface area contributed by atoms with Gasteiger partial charge in [0.15, 0.2) is 6.10 Å². The van der Waals surface area contributed by atoms with E-state index in [0.29, 0.717) is 19.3 Å². The van der Waals surface area contributed by atoms with E-state index in [0.717, 1.165) is 96.3 Å². The summed E-state index contributed by atoms with van der Waals surface area (Å²) in [5, 5.41) is 0. The summed E-state index contributed by atoms with van der Waals surface area (Å²) in [6, 6.07) is 0. The summed E-state index contributed by atoms with van der Waals surface area (Å²) in [5.41, 5.74) is 0. The maximum absolute atomic E-state index is 12.9. The second kappa shape index (κ2) is 62.6. The lowest BCUT2D eigenvalue weighted by atomic mass is 10.0. The molecule has 6 heteroatoms. The van der Waals surface area contributed by atoms with Crippen molar-refractivity contribution < 1.29 is 28.6 Å². The summed E-state index contributed by atoms with van der Waals surface area (Å²) in [6.07, 6.45) is 79.7. The zero-order valence-electron chi connectivity index (χ0n) is 49.4. The van der Waals surface area contributed by atoms with Crippen molar-refractivity contribution in [2.45, 2.75) is 341 Å². The highest BCUT2D eigenvalue weighted by Gasteiger charge is 2.19. The minimum Gasteiger partial charge on any atom is -0.462 e. The van der Waals surface area contributed by atoms with Crippen molar-refractivity contribution in [3.63, 3.8) is 0 Å². The van der Waals surface area contributed by atoms with Crippen molar-refractivity contribution in [2.24, 2.45) is 0 Å². The summed E-state index contributed by atoms with van der Waals surface area (Å²) in [7, 11) is 0. The Labute approximate surface area is 460 Å². The highest BCUT2D eigenvalue weighted by Crippen LogP contribution is 2.18. The number of unbranched alkanes of at least 4 members (excludes halogenated alkanes) is 38. The lowest BCUT2D eigenvalue weighted by Crippen LogP contribution is -2.30. The third-order valence-electron chi connectivity index (χ3n) is 14.3. The van der Waals surface area contributed by atoms with Gasteiger partial charge in [-0.25, -0.2) is 0 Å². The van der Waals surface area contributed by atoms with Crippen molar-refractivity contribution in [3.05, 3.63) is 60.8 Å². The van der Waals surface area contributed by atoms with Gasteiger partial charge in [0.2, 0.25) is 0 Å². The molecule has 0 aliphatic carbocycles. The van der Waals surface area contributed by atoms with Crippen LogP contribution in [0.3, 0.4) is 0 Å². The summed E-state index contributed by atoms with van der Waals surface area (Å²) in [4.78, 5) is 38.1. The molecule has 0 aromatic heterocycles. The largest absolute Gasteiger partial charge is 0.462 e. The number of carbonyl (C=O) groups excluding carboxylic acids is 3. The molecule has 0 amide bonds. The third kappa shape index (κ3) is 60.0. The van der Waals surface area contributed by atoms with Crippen LogP contribution in [0.2, 0.25) is 0 Å². The fourth-order valence-corrected chi connectivity index (χ4v) is 9.47. The maximum Gasteiger partial charge on any atom is 0.306 e. The Morgan fingerprint density at radius 2 is 0.527 bits per heavy atom. The first-order valence-electron chi connectivity index (χ1n) is 32.3. The number of allylic oxidation sites excluding steroid dienone is 10. The third-order valence-corrected chi connectivity index (χ3v) is 14.3. The summed E-state index contributed by atoms with van der Waals surface area (Å²) < 4.78 is 16.8. The molecule has 74 heavy (non-hydrogen) atoms. The maximum atomic E-state index is 12.9. The van der Waals surface area contributed by atoms with Gasteiger partial charge in [-0.1, -0.05) is 313 Å². The van der Waals surface area contributed by atoms with Crippen LogP contribution in [0.5, 0.6) is 0 Å². The molecule has 0 radical (unpaired) electrons. The highest BCUT2D eigenvalue weighted by molar-refractivity contribution is 5.71. The molecule has 0 aliphatic heterocycles. The molecule has 1 atom stereocenters. The summed E-state index contributed by atoms with van der Waals surface area (Å²) in [6.45, 7) is 6.52. The summed E-state index contributed by atoms with van der Waals surface area (Å²) in [5.74, 6) is -0.903. The smallest absolute Gasteiger partial charge is 0.306 e. The SMILES string of the molecule is CC/C=C\C/C=C\C/C=C\C/C=C\C/C=C\CCCCCC(=O)OC(COC(=O)CCCCCCCCCCC)COC(=O)CCCCCCCCCCCCCCCCCCCCCCCCCCCCCC. The molecule has 6 nitrogen and oxygen atoms in total. The summed E-state index contributed by atoms with van der Waals surface area (Å²) >= 11 is 0. The molecule has 0 saturated heterocycles. The predicted molar refractivity (Wildman–Crippen MR) is 321 cm³/mol. The number of carbonyl (C=O) groups is 3. The topological polar surface area (TPSA) is 78.9 Å². The Morgan fingerprint density at radius 3 is 0.824 bits per heavy atom. The average Bonchev–Trinajstić information content (AvgIpc) is 3.40. The van der Waals surface area contributed by atoms with Crippen LogP contribution in [-0.2, 0) is 28.6 Å². The van der Waals surface area contributed by atoms with Gasteiger partial charge in [-0.15, -0.1) is 0 Å². The molecule has 0 aliphatic rings. The lowest BCUT2D eigenvalue weighted by Gasteiger charge is -2.18. The molecule has 0 heterocycles. The predicted octanol–water partition coefficient (Wildman–Crippen LogP) is 21.9. The van der Waals surface area contributed by atoms with Crippen LogP contribution in [0, 0.1) is 0 Å². The molecule has 0 rings (SSSR count). The Kier molecular flexibility index (Phi) is 60.2. The van der Waals surface area contributed by atoms with Gasteiger partial charge in [-0.05, 0) is 64.2 Å². The minimum atomic E-state index is -0.788. The van der Waals surface area contributed by atoms with Crippen molar-refractivity contribution >= 4 is 17.9 Å². The van der Waals surface area contributed by atoms with Gasteiger partial charge < -0.3 is 14.2 Å². The van der Waals surface area contributed by atoms with Gasteiger partial charge in [0.05, 0.1) is 0 Å². The molecular formula is C68H122O6. The van der Waals surface area contributed by atoms with E-state index in [1.54, 1.807) is 0 Å². The molecule has 1 unspecified atom stereocenters. The van der Waals surface area contributed by atoms with Gasteiger partial charge in [0, 0.05) is 19.3 Å². The fraction of sp³-hybridized carbons (Fsp3) is 0.809. The number of hydrogen-bond donors (Lipinski definition) is 0. The van der Waals surface area contributed by atoms with Crippen LogP contribution >= 0.6 is 0 Å². The molecule has 0 bridgehead atoms. The average molecular weight is 1040 g/mol. The second-order valence-corrected chi connectivity index (χ2v) is 21.7. The molecule has 0 N–H and O–H groups in total. The molecule has 0 spiro atoms. The number of rotatable bonds is 59.